The first-order valence-corrected chi connectivity index (χ1v) is 7.58. The second-order valence-electron chi connectivity index (χ2n) is 4.11. The number of nitrogens with zero attached hydrogens (tertiary/aromatic N) is 1. The molecule has 0 radical (unpaired) electrons. The van der Waals surface area contributed by atoms with Crippen LogP contribution in [0.4, 0.5) is 5.82 Å². The maximum atomic E-state index is 10.9. The third-order valence-corrected chi connectivity index (χ3v) is 2.64. The van der Waals surface area contributed by atoms with Gasteiger partial charge in [0.1, 0.15) is 0 Å². The summed E-state index contributed by atoms with van der Waals surface area (Å²) in [5, 5.41) is 3.03. The number of sulfonamides is 1. The Balaban J connectivity index is 2.51. The van der Waals surface area contributed by atoms with E-state index >= 15 is 0 Å². The predicted molar refractivity (Wildman–Crippen MR) is 71.3 cm³/mol. The van der Waals surface area contributed by atoms with E-state index in [1.54, 1.807) is 12.3 Å². The minimum Gasteiger partial charge on any atom is -0.487 e. The van der Waals surface area contributed by atoms with Crippen molar-refractivity contribution in [1.82, 2.24) is 9.71 Å². The lowest BCUT2D eigenvalue weighted by atomic mass is 10.4. The second-order valence-corrected chi connectivity index (χ2v) is 5.94. The molecule has 102 valence electrons. The van der Waals surface area contributed by atoms with Gasteiger partial charge in [0.25, 0.3) is 0 Å². The molecule has 2 N–H and O–H groups in total. The smallest absolute Gasteiger partial charge is 0.208 e. The van der Waals surface area contributed by atoms with Crippen molar-refractivity contribution in [2.24, 2.45) is 0 Å². The van der Waals surface area contributed by atoms with Crippen LogP contribution in [0.1, 0.15) is 13.8 Å². The van der Waals surface area contributed by atoms with Gasteiger partial charge in [-0.15, -0.1) is 0 Å². The van der Waals surface area contributed by atoms with E-state index in [0.29, 0.717) is 24.7 Å². The molecule has 1 aromatic heterocycles. The van der Waals surface area contributed by atoms with Crippen LogP contribution in [0.15, 0.2) is 18.3 Å². The molecule has 1 aromatic rings. The molecule has 0 spiro atoms. The average molecular weight is 273 g/mol. The van der Waals surface area contributed by atoms with E-state index in [1.807, 2.05) is 19.9 Å². The Bertz CT molecular complexity index is 474. The predicted octanol–water partition coefficient (Wildman–Crippen LogP) is 0.830. The van der Waals surface area contributed by atoms with Gasteiger partial charge >= 0.3 is 0 Å². The van der Waals surface area contributed by atoms with E-state index in [1.165, 1.54) is 0 Å². The number of pyridine rings is 1. The highest BCUT2D eigenvalue weighted by atomic mass is 32.2. The number of hydrogen-bond acceptors (Lipinski definition) is 5. The molecule has 0 aromatic carbocycles. The van der Waals surface area contributed by atoms with Crippen LogP contribution in [-0.2, 0) is 10.0 Å². The van der Waals surface area contributed by atoms with Crippen molar-refractivity contribution >= 4 is 15.8 Å². The monoisotopic (exact) mass is 273 g/mol. The maximum absolute atomic E-state index is 10.9. The van der Waals surface area contributed by atoms with Gasteiger partial charge in [-0.25, -0.2) is 18.1 Å². The van der Waals surface area contributed by atoms with Gasteiger partial charge in [-0.05, 0) is 26.0 Å². The van der Waals surface area contributed by atoms with E-state index in [2.05, 4.69) is 15.0 Å². The van der Waals surface area contributed by atoms with Crippen LogP contribution in [0.2, 0.25) is 0 Å². The van der Waals surface area contributed by atoms with E-state index in [0.717, 1.165) is 6.26 Å². The van der Waals surface area contributed by atoms with Crippen LogP contribution in [0, 0.1) is 0 Å². The van der Waals surface area contributed by atoms with Crippen molar-refractivity contribution < 1.29 is 13.2 Å². The fourth-order valence-electron chi connectivity index (χ4n) is 1.29. The number of ether oxygens (including phenoxy) is 1. The summed E-state index contributed by atoms with van der Waals surface area (Å²) in [6.45, 7) is 4.61. The molecule has 0 aliphatic rings. The zero-order valence-corrected chi connectivity index (χ0v) is 11.6. The fourth-order valence-corrected chi connectivity index (χ4v) is 1.76. The van der Waals surface area contributed by atoms with Gasteiger partial charge in [0.2, 0.25) is 10.0 Å². The summed E-state index contributed by atoms with van der Waals surface area (Å²) in [6.07, 6.45) is 2.84. The molecule has 0 atom stereocenters. The van der Waals surface area contributed by atoms with Crippen molar-refractivity contribution in [3.8, 4) is 5.75 Å². The minimum atomic E-state index is -3.15. The Morgan fingerprint density at radius 3 is 2.72 bits per heavy atom. The summed E-state index contributed by atoms with van der Waals surface area (Å²) < 4.78 is 29.7. The maximum Gasteiger partial charge on any atom is 0.208 e. The van der Waals surface area contributed by atoms with Gasteiger partial charge in [-0.1, -0.05) is 0 Å². The molecular weight excluding hydrogens is 254 g/mol. The molecule has 0 fully saturated rings. The first-order chi connectivity index (χ1) is 8.38. The van der Waals surface area contributed by atoms with Crippen molar-refractivity contribution in [1.29, 1.82) is 0 Å². The first-order valence-electron chi connectivity index (χ1n) is 5.68. The molecule has 1 rings (SSSR count). The average Bonchev–Trinajstić information content (AvgIpc) is 2.24. The van der Waals surface area contributed by atoms with E-state index in [4.69, 9.17) is 4.74 Å². The van der Waals surface area contributed by atoms with Gasteiger partial charge < -0.3 is 10.1 Å². The van der Waals surface area contributed by atoms with Gasteiger partial charge in [-0.2, -0.15) is 0 Å². The molecule has 0 bridgehead atoms. The summed E-state index contributed by atoms with van der Waals surface area (Å²) >= 11 is 0. The Morgan fingerprint density at radius 1 is 1.39 bits per heavy atom. The molecule has 1 heterocycles. The molecule has 7 heteroatoms. The van der Waals surface area contributed by atoms with E-state index < -0.39 is 10.0 Å². The number of hydrogen-bond donors (Lipinski definition) is 2. The number of rotatable bonds is 7. The van der Waals surface area contributed by atoms with Gasteiger partial charge in [-0.3, -0.25) is 0 Å². The summed E-state index contributed by atoms with van der Waals surface area (Å²) in [4.78, 5) is 4.15. The molecule has 6 nitrogen and oxygen atoms in total. The summed E-state index contributed by atoms with van der Waals surface area (Å²) in [7, 11) is -3.15. The Hall–Kier alpha value is -1.34. The zero-order valence-electron chi connectivity index (χ0n) is 10.8. The van der Waals surface area contributed by atoms with Crippen LogP contribution in [0.3, 0.4) is 0 Å². The Labute approximate surface area is 108 Å². The van der Waals surface area contributed by atoms with Gasteiger partial charge in [0, 0.05) is 19.3 Å². The lowest BCUT2D eigenvalue weighted by Crippen LogP contribution is -2.27. The summed E-state index contributed by atoms with van der Waals surface area (Å²) in [5.41, 5.74) is 0. The highest BCUT2D eigenvalue weighted by molar-refractivity contribution is 7.88. The van der Waals surface area contributed by atoms with Crippen molar-refractivity contribution in [3.05, 3.63) is 18.3 Å². The highest BCUT2D eigenvalue weighted by Gasteiger charge is 2.06. The Morgan fingerprint density at radius 2 is 2.11 bits per heavy atom. The van der Waals surface area contributed by atoms with Crippen LogP contribution in [0.25, 0.3) is 0 Å². The molecule has 0 aliphatic carbocycles. The molecular formula is C11H19N3O3S. The molecule has 0 saturated heterocycles. The molecule has 0 unspecified atom stereocenters. The van der Waals surface area contributed by atoms with Crippen LogP contribution in [-0.4, -0.2) is 38.9 Å². The summed E-state index contributed by atoms with van der Waals surface area (Å²) in [5.74, 6) is 1.27. The lowest BCUT2D eigenvalue weighted by Gasteiger charge is -2.14. The molecule has 0 aliphatic heterocycles. The van der Waals surface area contributed by atoms with Crippen molar-refractivity contribution in [3.63, 3.8) is 0 Å². The van der Waals surface area contributed by atoms with Crippen LogP contribution >= 0.6 is 0 Å². The quantitative estimate of drug-likeness (QED) is 0.719. The lowest BCUT2D eigenvalue weighted by molar-refractivity contribution is 0.243. The van der Waals surface area contributed by atoms with Crippen LogP contribution < -0.4 is 14.8 Å². The highest BCUT2D eigenvalue weighted by Crippen LogP contribution is 2.21. The van der Waals surface area contributed by atoms with E-state index in [9.17, 15) is 8.42 Å². The van der Waals surface area contributed by atoms with Crippen molar-refractivity contribution in [2.45, 2.75) is 20.0 Å². The Kier molecular flexibility index (Phi) is 5.36. The van der Waals surface area contributed by atoms with Crippen molar-refractivity contribution in [2.75, 3.05) is 24.7 Å². The number of anilines is 1. The molecule has 0 amide bonds. The number of nitrogens with one attached hydrogen (secondary N) is 2. The molecule has 18 heavy (non-hydrogen) atoms. The topological polar surface area (TPSA) is 80.3 Å². The normalized spacial score (nSPS) is 11.6. The third kappa shape index (κ3) is 5.83. The standard InChI is InChI=1S/C11H19N3O3S/c1-9(2)17-10-5-4-6-12-11(10)13-7-8-14-18(3,15)16/h4-6,9,14H,7-8H2,1-3H3,(H,12,13). The van der Waals surface area contributed by atoms with Gasteiger partial charge in [0.05, 0.1) is 12.4 Å². The second kappa shape index (κ2) is 6.55. The largest absolute Gasteiger partial charge is 0.487 e. The van der Waals surface area contributed by atoms with E-state index in [-0.39, 0.29) is 6.10 Å². The zero-order chi connectivity index (χ0) is 13.6. The third-order valence-electron chi connectivity index (χ3n) is 1.92. The van der Waals surface area contributed by atoms with Gasteiger partial charge in [0.15, 0.2) is 11.6 Å². The number of aromatic nitrogens is 1. The summed E-state index contributed by atoms with van der Waals surface area (Å²) in [6, 6.07) is 3.61. The fraction of sp³-hybridized carbons (Fsp3) is 0.545. The first kappa shape index (κ1) is 14.7. The van der Waals surface area contributed by atoms with Crippen LogP contribution in [0.5, 0.6) is 5.75 Å². The minimum absolute atomic E-state index is 0.0592. The SMILES string of the molecule is CC(C)Oc1cccnc1NCCNS(C)(=O)=O. The molecule has 0 saturated carbocycles.